The number of nitrogens with zero attached hydrogens (tertiary/aromatic N) is 2. The van der Waals surface area contributed by atoms with Crippen LogP contribution in [0.4, 0.5) is 11.6 Å². The van der Waals surface area contributed by atoms with Crippen molar-refractivity contribution in [2.75, 3.05) is 30.9 Å². The lowest BCUT2D eigenvalue weighted by Crippen LogP contribution is -2.36. The van der Waals surface area contributed by atoms with Gasteiger partial charge in [-0.15, -0.1) is 0 Å². The van der Waals surface area contributed by atoms with E-state index in [4.69, 9.17) is 4.74 Å². The van der Waals surface area contributed by atoms with Gasteiger partial charge in [0.05, 0.1) is 12.1 Å². The highest BCUT2D eigenvalue weighted by Gasteiger charge is 2.20. The first kappa shape index (κ1) is 17.7. The van der Waals surface area contributed by atoms with Gasteiger partial charge in [-0.1, -0.05) is 13.8 Å². The molecule has 21 heavy (non-hydrogen) atoms. The normalized spacial score (nSPS) is 11.5. The quantitative estimate of drug-likeness (QED) is 0.731. The summed E-state index contributed by atoms with van der Waals surface area (Å²) >= 11 is 0. The molecule has 5 nitrogen and oxygen atoms in total. The second-order valence-corrected chi connectivity index (χ2v) is 6.08. The molecule has 0 aliphatic heterocycles. The molecular formula is C16H30N4O. The molecule has 120 valence electrons. The number of aromatic nitrogens is 2. The number of aryl methyl sites for hydroxylation is 1. The Morgan fingerprint density at radius 1 is 1.10 bits per heavy atom. The SMILES string of the molecule is CCCNc1nc(CCC)nc(NC(C)(C)COC)c1C. The van der Waals surface area contributed by atoms with Crippen LogP contribution < -0.4 is 10.6 Å². The number of rotatable bonds is 9. The van der Waals surface area contributed by atoms with Crippen LogP contribution in [0.15, 0.2) is 0 Å². The van der Waals surface area contributed by atoms with Gasteiger partial charge in [-0.3, -0.25) is 0 Å². The summed E-state index contributed by atoms with van der Waals surface area (Å²) in [6, 6.07) is 0. The molecule has 0 atom stereocenters. The Hall–Kier alpha value is -1.36. The van der Waals surface area contributed by atoms with Crippen LogP contribution in [0, 0.1) is 6.92 Å². The summed E-state index contributed by atoms with van der Waals surface area (Å²) in [6.45, 7) is 12.1. The molecule has 1 aromatic heterocycles. The van der Waals surface area contributed by atoms with Crippen LogP contribution in [-0.4, -0.2) is 35.8 Å². The fraction of sp³-hybridized carbons (Fsp3) is 0.750. The van der Waals surface area contributed by atoms with E-state index >= 15 is 0 Å². The van der Waals surface area contributed by atoms with Crippen LogP contribution in [0.1, 0.15) is 51.9 Å². The second-order valence-electron chi connectivity index (χ2n) is 6.08. The van der Waals surface area contributed by atoms with Gasteiger partial charge in [-0.05, 0) is 33.6 Å². The molecule has 0 saturated heterocycles. The number of methoxy groups -OCH3 is 1. The molecule has 0 aromatic carbocycles. The van der Waals surface area contributed by atoms with Crippen LogP contribution in [-0.2, 0) is 11.2 Å². The van der Waals surface area contributed by atoms with E-state index in [-0.39, 0.29) is 5.54 Å². The Labute approximate surface area is 128 Å². The first-order chi connectivity index (χ1) is 9.93. The van der Waals surface area contributed by atoms with Crippen LogP contribution in [0.3, 0.4) is 0 Å². The zero-order chi connectivity index (χ0) is 15.9. The van der Waals surface area contributed by atoms with Gasteiger partial charge in [0.2, 0.25) is 0 Å². The fourth-order valence-corrected chi connectivity index (χ4v) is 2.15. The molecule has 1 heterocycles. The van der Waals surface area contributed by atoms with E-state index in [1.165, 1.54) is 0 Å². The lowest BCUT2D eigenvalue weighted by atomic mass is 10.1. The molecule has 0 spiro atoms. The Bertz CT molecular complexity index is 446. The van der Waals surface area contributed by atoms with Gasteiger partial charge in [-0.25, -0.2) is 9.97 Å². The summed E-state index contributed by atoms with van der Waals surface area (Å²) in [5.74, 6) is 2.72. The molecular weight excluding hydrogens is 264 g/mol. The molecule has 0 saturated carbocycles. The maximum Gasteiger partial charge on any atom is 0.135 e. The van der Waals surface area contributed by atoms with Crippen molar-refractivity contribution in [3.8, 4) is 0 Å². The third-order valence-corrected chi connectivity index (χ3v) is 3.17. The number of hydrogen-bond acceptors (Lipinski definition) is 5. The first-order valence-electron chi connectivity index (χ1n) is 7.82. The van der Waals surface area contributed by atoms with E-state index in [1.54, 1.807) is 7.11 Å². The average molecular weight is 294 g/mol. The Kier molecular flexibility index (Phi) is 6.89. The van der Waals surface area contributed by atoms with Gasteiger partial charge >= 0.3 is 0 Å². The first-order valence-corrected chi connectivity index (χ1v) is 7.82. The van der Waals surface area contributed by atoms with E-state index < -0.39 is 0 Å². The Balaban J connectivity index is 3.07. The van der Waals surface area contributed by atoms with Gasteiger partial charge in [0.1, 0.15) is 17.5 Å². The average Bonchev–Trinajstić information content (AvgIpc) is 2.40. The second kappa shape index (κ2) is 8.17. The Morgan fingerprint density at radius 2 is 1.76 bits per heavy atom. The number of hydrogen-bond donors (Lipinski definition) is 2. The van der Waals surface area contributed by atoms with Crippen molar-refractivity contribution >= 4 is 11.6 Å². The van der Waals surface area contributed by atoms with Gasteiger partial charge in [0.25, 0.3) is 0 Å². The summed E-state index contributed by atoms with van der Waals surface area (Å²) in [7, 11) is 1.72. The predicted molar refractivity (Wildman–Crippen MR) is 89.1 cm³/mol. The van der Waals surface area contributed by atoms with E-state index in [0.717, 1.165) is 48.8 Å². The van der Waals surface area contributed by atoms with Crippen LogP contribution >= 0.6 is 0 Å². The molecule has 5 heteroatoms. The molecule has 0 bridgehead atoms. The summed E-state index contributed by atoms with van der Waals surface area (Å²) in [4.78, 5) is 9.32. The number of nitrogens with one attached hydrogen (secondary N) is 2. The van der Waals surface area contributed by atoms with Gasteiger partial charge in [-0.2, -0.15) is 0 Å². The van der Waals surface area contributed by atoms with Crippen molar-refractivity contribution in [3.05, 3.63) is 11.4 Å². The van der Waals surface area contributed by atoms with E-state index in [9.17, 15) is 0 Å². The van der Waals surface area contributed by atoms with Crippen molar-refractivity contribution in [3.63, 3.8) is 0 Å². The maximum atomic E-state index is 5.27. The number of anilines is 2. The van der Waals surface area contributed by atoms with E-state index in [0.29, 0.717) is 6.61 Å². The highest BCUT2D eigenvalue weighted by Crippen LogP contribution is 2.23. The van der Waals surface area contributed by atoms with Gasteiger partial charge < -0.3 is 15.4 Å². The van der Waals surface area contributed by atoms with Crippen molar-refractivity contribution in [1.82, 2.24) is 9.97 Å². The molecule has 2 N–H and O–H groups in total. The highest BCUT2D eigenvalue weighted by atomic mass is 16.5. The minimum absolute atomic E-state index is 0.167. The monoisotopic (exact) mass is 294 g/mol. The highest BCUT2D eigenvalue weighted by molar-refractivity contribution is 5.58. The van der Waals surface area contributed by atoms with Crippen LogP contribution in [0.5, 0.6) is 0 Å². The van der Waals surface area contributed by atoms with Crippen LogP contribution in [0.25, 0.3) is 0 Å². The van der Waals surface area contributed by atoms with E-state index in [1.807, 2.05) is 0 Å². The minimum Gasteiger partial charge on any atom is -0.382 e. The van der Waals surface area contributed by atoms with Crippen molar-refractivity contribution in [2.45, 2.75) is 59.4 Å². The molecule has 0 unspecified atom stereocenters. The third kappa shape index (κ3) is 5.50. The van der Waals surface area contributed by atoms with Gasteiger partial charge in [0.15, 0.2) is 0 Å². The summed E-state index contributed by atoms with van der Waals surface area (Å²) in [5.41, 5.74) is 0.895. The van der Waals surface area contributed by atoms with Crippen molar-refractivity contribution in [2.24, 2.45) is 0 Å². The minimum atomic E-state index is -0.167. The lowest BCUT2D eigenvalue weighted by molar-refractivity contribution is 0.158. The lowest BCUT2D eigenvalue weighted by Gasteiger charge is -2.27. The summed E-state index contributed by atoms with van der Waals surface area (Å²) in [6.07, 6.45) is 3.00. The van der Waals surface area contributed by atoms with Crippen molar-refractivity contribution in [1.29, 1.82) is 0 Å². The van der Waals surface area contributed by atoms with Gasteiger partial charge in [0, 0.05) is 25.6 Å². The Morgan fingerprint density at radius 3 is 2.33 bits per heavy atom. The molecule has 0 aliphatic carbocycles. The fourth-order valence-electron chi connectivity index (χ4n) is 2.15. The molecule has 0 aliphatic rings. The summed E-state index contributed by atoms with van der Waals surface area (Å²) in [5, 5.41) is 6.88. The standard InChI is InChI=1S/C16H30N4O/c1-7-9-13-18-14(17-10-8-2)12(3)15(19-13)20-16(4,5)11-21-6/h7-11H2,1-6H3,(H2,17,18,19,20). The summed E-state index contributed by atoms with van der Waals surface area (Å²) < 4.78 is 5.27. The molecule has 1 aromatic rings. The smallest absolute Gasteiger partial charge is 0.135 e. The molecule has 0 fully saturated rings. The topological polar surface area (TPSA) is 59.1 Å². The predicted octanol–water partition coefficient (Wildman–Crippen LogP) is 3.40. The van der Waals surface area contributed by atoms with Crippen molar-refractivity contribution < 1.29 is 4.74 Å². The largest absolute Gasteiger partial charge is 0.382 e. The zero-order valence-corrected chi connectivity index (χ0v) is 14.3. The number of ether oxygens (including phenoxy) is 1. The third-order valence-electron chi connectivity index (χ3n) is 3.17. The van der Waals surface area contributed by atoms with Crippen LogP contribution in [0.2, 0.25) is 0 Å². The molecule has 0 radical (unpaired) electrons. The van der Waals surface area contributed by atoms with E-state index in [2.05, 4.69) is 55.2 Å². The molecule has 1 rings (SSSR count). The zero-order valence-electron chi connectivity index (χ0n) is 14.3. The molecule has 0 amide bonds. The maximum absolute atomic E-state index is 5.27.